The number of nitrogens with zero attached hydrogens (tertiary/aromatic N) is 1. The van der Waals surface area contributed by atoms with Crippen LogP contribution < -0.4 is 5.32 Å². The number of carbonyl (C=O) groups is 2. The van der Waals surface area contributed by atoms with E-state index in [2.05, 4.69) is 5.32 Å². The Morgan fingerprint density at radius 3 is 2.23 bits per heavy atom. The number of hydrogen-bond acceptors (Lipinski definition) is 3. The van der Waals surface area contributed by atoms with Gasteiger partial charge in [-0.3, -0.25) is 9.59 Å². The van der Waals surface area contributed by atoms with Gasteiger partial charge in [-0.1, -0.05) is 78.3 Å². The van der Waals surface area contributed by atoms with Crippen molar-refractivity contribution in [1.29, 1.82) is 0 Å². The second-order valence-electron chi connectivity index (χ2n) is 8.57. The van der Waals surface area contributed by atoms with Crippen LogP contribution >= 0.6 is 23.4 Å². The number of benzene rings is 3. The largest absolute Gasteiger partial charge is 0.352 e. The van der Waals surface area contributed by atoms with Crippen molar-refractivity contribution in [3.05, 3.63) is 106 Å². The smallest absolute Gasteiger partial charge is 0.243 e. The Hall–Kier alpha value is -2.83. The second-order valence-corrected chi connectivity index (χ2v) is 9.96. The zero-order chi connectivity index (χ0) is 25.2. The molecule has 0 radical (unpaired) electrons. The molecular weight excluding hydrogens is 483 g/mol. The highest BCUT2D eigenvalue weighted by Gasteiger charge is 2.31. The molecule has 7 heteroatoms. The molecule has 1 atom stereocenters. The molecule has 2 amide bonds. The van der Waals surface area contributed by atoms with E-state index in [9.17, 15) is 14.0 Å². The van der Waals surface area contributed by atoms with Gasteiger partial charge in [-0.25, -0.2) is 4.39 Å². The normalized spacial score (nSPS) is 11.8. The summed E-state index contributed by atoms with van der Waals surface area (Å²) in [5.74, 6) is -0.202. The molecule has 184 valence electrons. The van der Waals surface area contributed by atoms with Gasteiger partial charge in [0.1, 0.15) is 11.9 Å². The van der Waals surface area contributed by atoms with E-state index in [0.29, 0.717) is 22.8 Å². The van der Waals surface area contributed by atoms with Crippen LogP contribution in [-0.4, -0.2) is 34.6 Å². The van der Waals surface area contributed by atoms with E-state index in [1.54, 1.807) is 18.2 Å². The zero-order valence-corrected chi connectivity index (χ0v) is 21.5. The predicted molar refractivity (Wildman–Crippen MR) is 142 cm³/mol. The first kappa shape index (κ1) is 26.8. The summed E-state index contributed by atoms with van der Waals surface area (Å²) >= 11 is 7.67. The Bertz CT molecular complexity index is 1130. The Morgan fingerprint density at radius 2 is 1.57 bits per heavy atom. The van der Waals surface area contributed by atoms with E-state index in [1.165, 1.54) is 22.7 Å². The molecule has 1 N–H and O–H groups in total. The molecule has 0 saturated heterocycles. The summed E-state index contributed by atoms with van der Waals surface area (Å²) in [5.41, 5.74) is 2.23. The Labute approximate surface area is 215 Å². The van der Waals surface area contributed by atoms with Crippen molar-refractivity contribution in [2.75, 3.05) is 5.75 Å². The minimum Gasteiger partial charge on any atom is -0.352 e. The van der Waals surface area contributed by atoms with Crippen LogP contribution in [-0.2, 0) is 28.3 Å². The average Bonchev–Trinajstić information content (AvgIpc) is 2.83. The number of amides is 2. The fourth-order valence-corrected chi connectivity index (χ4v) is 4.89. The lowest BCUT2D eigenvalue weighted by atomic mass is 10.0. The molecule has 3 aromatic carbocycles. The van der Waals surface area contributed by atoms with Crippen LogP contribution in [0.15, 0.2) is 78.9 Å². The van der Waals surface area contributed by atoms with Gasteiger partial charge < -0.3 is 10.2 Å². The summed E-state index contributed by atoms with van der Waals surface area (Å²) < 4.78 is 14.6. The van der Waals surface area contributed by atoms with Gasteiger partial charge in [0.25, 0.3) is 0 Å². The maximum absolute atomic E-state index is 14.6. The first-order valence-electron chi connectivity index (χ1n) is 11.5. The van der Waals surface area contributed by atoms with Crippen molar-refractivity contribution in [1.82, 2.24) is 10.2 Å². The van der Waals surface area contributed by atoms with E-state index in [-0.39, 0.29) is 30.2 Å². The third kappa shape index (κ3) is 8.11. The summed E-state index contributed by atoms with van der Waals surface area (Å²) in [6.07, 6.45) is 0.328. The second kappa shape index (κ2) is 13.3. The van der Waals surface area contributed by atoms with Crippen LogP contribution in [0.5, 0.6) is 0 Å². The summed E-state index contributed by atoms with van der Waals surface area (Å²) in [7, 11) is 0. The lowest BCUT2D eigenvalue weighted by Crippen LogP contribution is -2.52. The fraction of sp³-hybridized carbons (Fsp3) is 0.286. The minimum absolute atomic E-state index is 0.00117. The molecule has 0 heterocycles. The zero-order valence-electron chi connectivity index (χ0n) is 19.9. The van der Waals surface area contributed by atoms with Crippen molar-refractivity contribution in [3.63, 3.8) is 0 Å². The maximum Gasteiger partial charge on any atom is 0.243 e. The highest BCUT2D eigenvalue weighted by Crippen LogP contribution is 2.23. The van der Waals surface area contributed by atoms with Gasteiger partial charge in [0.2, 0.25) is 11.8 Å². The maximum atomic E-state index is 14.6. The van der Waals surface area contributed by atoms with Gasteiger partial charge in [0.15, 0.2) is 0 Å². The molecule has 0 spiro atoms. The average molecular weight is 513 g/mol. The molecule has 0 saturated carbocycles. The summed E-state index contributed by atoms with van der Waals surface area (Å²) in [6, 6.07) is 22.5. The van der Waals surface area contributed by atoms with Gasteiger partial charge in [0, 0.05) is 35.3 Å². The van der Waals surface area contributed by atoms with Gasteiger partial charge in [0.05, 0.1) is 5.75 Å². The van der Waals surface area contributed by atoms with Crippen molar-refractivity contribution >= 4 is 35.2 Å². The van der Waals surface area contributed by atoms with E-state index in [0.717, 1.165) is 11.1 Å². The standard InChI is InChI=1S/C28H30ClFN2O2S/c1-20(2)31-28(34)26(16-21-10-4-3-5-11-21)32(17-22-12-7-9-15-25(22)30)27(33)19-35-18-23-13-6-8-14-24(23)29/h3-15,20,26H,16-19H2,1-2H3,(H,31,34)/t26-/m0/s1. The molecule has 0 aliphatic carbocycles. The quantitative estimate of drug-likeness (QED) is 0.349. The Kier molecular flexibility index (Phi) is 10.2. The van der Waals surface area contributed by atoms with E-state index in [1.807, 2.05) is 68.4 Å². The van der Waals surface area contributed by atoms with E-state index in [4.69, 9.17) is 11.6 Å². The first-order chi connectivity index (χ1) is 16.8. The molecule has 3 aromatic rings. The van der Waals surface area contributed by atoms with Crippen LogP contribution in [0.3, 0.4) is 0 Å². The molecule has 0 unspecified atom stereocenters. The number of nitrogens with one attached hydrogen (secondary N) is 1. The number of rotatable bonds is 11. The van der Waals surface area contributed by atoms with Gasteiger partial charge in [-0.05, 0) is 37.1 Å². The topological polar surface area (TPSA) is 49.4 Å². The SMILES string of the molecule is CC(C)NC(=O)[C@H](Cc1ccccc1)N(Cc1ccccc1F)C(=O)CSCc1ccccc1Cl. The molecule has 0 aliphatic rings. The molecule has 0 aromatic heterocycles. The van der Waals surface area contributed by atoms with E-state index < -0.39 is 11.9 Å². The Morgan fingerprint density at radius 1 is 0.943 bits per heavy atom. The molecule has 3 rings (SSSR count). The number of thioether (sulfide) groups is 1. The van der Waals surface area contributed by atoms with Gasteiger partial charge in [-0.15, -0.1) is 11.8 Å². The number of carbonyl (C=O) groups excluding carboxylic acids is 2. The Balaban J connectivity index is 1.86. The van der Waals surface area contributed by atoms with Crippen molar-refractivity contribution in [2.45, 2.75) is 44.6 Å². The van der Waals surface area contributed by atoms with Crippen LogP contribution in [0.1, 0.15) is 30.5 Å². The number of halogens is 2. The minimum atomic E-state index is -0.784. The third-order valence-corrected chi connectivity index (χ3v) is 6.78. The highest BCUT2D eigenvalue weighted by atomic mass is 35.5. The van der Waals surface area contributed by atoms with Crippen molar-refractivity contribution in [2.24, 2.45) is 0 Å². The monoisotopic (exact) mass is 512 g/mol. The van der Waals surface area contributed by atoms with Gasteiger partial charge in [-0.2, -0.15) is 0 Å². The lowest BCUT2D eigenvalue weighted by Gasteiger charge is -2.32. The third-order valence-electron chi connectivity index (χ3n) is 5.44. The molecule has 0 bridgehead atoms. The number of hydrogen-bond donors (Lipinski definition) is 1. The highest BCUT2D eigenvalue weighted by molar-refractivity contribution is 7.99. The first-order valence-corrected chi connectivity index (χ1v) is 13.1. The summed E-state index contributed by atoms with van der Waals surface area (Å²) in [6.45, 7) is 3.75. The summed E-state index contributed by atoms with van der Waals surface area (Å²) in [5, 5.41) is 3.58. The lowest BCUT2D eigenvalue weighted by molar-refractivity contribution is -0.139. The van der Waals surface area contributed by atoms with E-state index >= 15 is 0 Å². The van der Waals surface area contributed by atoms with Crippen molar-refractivity contribution < 1.29 is 14.0 Å². The van der Waals surface area contributed by atoms with Crippen molar-refractivity contribution in [3.8, 4) is 0 Å². The fourth-order valence-electron chi connectivity index (χ4n) is 3.69. The van der Waals surface area contributed by atoms with Crippen LogP contribution in [0.25, 0.3) is 0 Å². The molecule has 0 fully saturated rings. The molecule has 35 heavy (non-hydrogen) atoms. The van der Waals surface area contributed by atoms with Crippen LogP contribution in [0.2, 0.25) is 5.02 Å². The molecule has 0 aliphatic heterocycles. The van der Waals surface area contributed by atoms with Crippen LogP contribution in [0.4, 0.5) is 4.39 Å². The molecule has 4 nitrogen and oxygen atoms in total. The van der Waals surface area contributed by atoms with Gasteiger partial charge >= 0.3 is 0 Å². The molecular formula is C28H30ClFN2O2S. The summed E-state index contributed by atoms with van der Waals surface area (Å²) in [4.78, 5) is 28.3. The van der Waals surface area contributed by atoms with Crippen LogP contribution in [0, 0.1) is 5.82 Å². The predicted octanol–water partition coefficient (Wildman–Crippen LogP) is 5.88.